The number of hydrogen-bond acceptors (Lipinski definition) is 4. The van der Waals surface area contributed by atoms with E-state index < -0.39 is 0 Å². The lowest BCUT2D eigenvalue weighted by Gasteiger charge is -2.07. The van der Waals surface area contributed by atoms with Crippen molar-refractivity contribution in [2.75, 3.05) is 0 Å². The number of hydrogen-bond donors (Lipinski definition) is 2. The standard InChI is InChI=1S/C14H12N4O/c19-12-6-7-13(14-15-17-18-16-14)11(9-12)8-10-4-2-1-3-5-10/h1-7,9,19H,8H2,(H,15,16,17,18). The summed E-state index contributed by atoms with van der Waals surface area (Å²) >= 11 is 0. The Morgan fingerprint density at radius 2 is 1.89 bits per heavy atom. The van der Waals surface area contributed by atoms with Crippen LogP contribution >= 0.6 is 0 Å². The summed E-state index contributed by atoms with van der Waals surface area (Å²) in [5.74, 6) is 0.768. The second kappa shape index (κ2) is 4.89. The van der Waals surface area contributed by atoms with Gasteiger partial charge in [-0.25, -0.2) is 0 Å². The van der Waals surface area contributed by atoms with Crippen LogP contribution in [0.5, 0.6) is 5.75 Å². The molecule has 5 heteroatoms. The van der Waals surface area contributed by atoms with Gasteiger partial charge in [0.25, 0.3) is 0 Å². The molecule has 0 aliphatic rings. The minimum Gasteiger partial charge on any atom is -0.508 e. The maximum Gasteiger partial charge on any atom is 0.204 e. The average molecular weight is 252 g/mol. The number of phenolic OH excluding ortho intramolecular Hbond substituents is 1. The molecule has 2 N–H and O–H groups in total. The highest BCUT2D eigenvalue weighted by Gasteiger charge is 2.10. The van der Waals surface area contributed by atoms with Crippen LogP contribution in [0, 0.1) is 0 Å². The van der Waals surface area contributed by atoms with Crippen molar-refractivity contribution >= 4 is 0 Å². The predicted molar refractivity (Wildman–Crippen MR) is 70.5 cm³/mol. The predicted octanol–water partition coefficient (Wildman–Crippen LogP) is 2.16. The van der Waals surface area contributed by atoms with Crippen molar-refractivity contribution in [2.24, 2.45) is 0 Å². The van der Waals surface area contributed by atoms with Crippen LogP contribution in [0.1, 0.15) is 11.1 Å². The third kappa shape index (κ3) is 2.44. The number of nitrogens with one attached hydrogen (secondary N) is 1. The van der Waals surface area contributed by atoms with Crippen molar-refractivity contribution < 1.29 is 5.11 Å². The van der Waals surface area contributed by atoms with Gasteiger partial charge in [0.05, 0.1) is 0 Å². The molecule has 0 saturated carbocycles. The summed E-state index contributed by atoms with van der Waals surface area (Å²) in [7, 11) is 0. The Bertz CT molecular complexity index is 665. The van der Waals surface area contributed by atoms with E-state index in [-0.39, 0.29) is 5.75 Å². The Morgan fingerprint density at radius 3 is 2.63 bits per heavy atom. The second-order valence-electron chi connectivity index (χ2n) is 4.24. The Labute approximate surface area is 109 Å². The third-order valence-electron chi connectivity index (χ3n) is 2.91. The Balaban J connectivity index is 2.02. The van der Waals surface area contributed by atoms with Gasteiger partial charge in [0.1, 0.15) is 5.75 Å². The van der Waals surface area contributed by atoms with E-state index in [0.29, 0.717) is 12.2 Å². The molecular weight excluding hydrogens is 240 g/mol. The first kappa shape index (κ1) is 11.4. The molecule has 3 aromatic rings. The molecule has 3 rings (SSSR count). The SMILES string of the molecule is Oc1ccc(-c2nn[nH]n2)c(Cc2ccccc2)c1. The average Bonchev–Trinajstić information content (AvgIpc) is 2.94. The van der Waals surface area contributed by atoms with Gasteiger partial charge >= 0.3 is 0 Å². The molecule has 94 valence electrons. The largest absolute Gasteiger partial charge is 0.508 e. The zero-order valence-electron chi connectivity index (χ0n) is 10.1. The lowest BCUT2D eigenvalue weighted by atomic mass is 9.99. The van der Waals surface area contributed by atoms with Crippen LogP contribution in [0.25, 0.3) is 11.4 Å². The van der Waals surface area contributed by atoms with E-state index in [1.165, 1.54) is 0 Å². The smallest absolute Gasteiger partial charge is 0.204 e. The van der Waals surface area contributed by atoms with Gasteiger partial charge in [0.2, 0.25) is 5.82 Å². The van der Waals surface area contributed by atoms with Gasteiger partial charge < -0.3 is 5.11 Å². The van der Waals surface area contributed by atoms with Crippen molar-refractivity contribution in [1.29, 1.82) is 0 Å². The van der Waals surface area contributed by atoms with E-state index in [0.717, 1.165) is 16.7 Å². The van der Waals surface area contributed by atoms with Gasteiger partial charge in [-0.1, -0.05) is 30.3 Å². The van der Waals surface area contributed by atoms with Crippen molar-refractivity contribution in [3.63, 3.8) is 0 Å². The zero-order valence-corrected chi connectivity index (χ0v) is 10.1. The fraction of sp³-hybridized carbons (Fsp3) is 0.0714. The molecule has 0 bridgehead atoms. The molecule has 2 aromatic carbocycles. The number of aromatic nitrogens is 4. The van der Waals surface area contributed by atoms with E-state index in [2.05, 4.69) is 20.6 Å². The number of H-pyrrole nitrogens is 1. The van der Waals surface area contributed by atoms with Gasteiger partial charge in [0.15, 0.2) is 0 Å². The minimum atomic E-state index is 0.234. The summed E-state index contributed by atoms with van der Waals surface area (Å²) in [5.41, 5.74) is 3.00. The molecule has 0 radical (unpaired) electrons. The highest BCUT2D eigenvalue weighted by molar-refractivity contribution is 5.62. The Kier molecular flexibility index (Phi) is 2.94. The number of phenols is 1. The van der Waals surface area contributed by atoms with Crippen molar-refractivity contribution in [2.45, 2.75) is 6.42 Å². The summed E-state index contributed by atoms with van der Waals surface area (Å²) in [6.45, 7) is 0. The van der Waals surface area contributed by atoms with Crippen LogP contribution in [0.4, 0.5) is 0 Å². The summed E-state index contributed by atoms with van der Waals surface area (Å²) in [6, 6.07) is 15.2. The molecule has 0 aliphatic heterocycles. The quantitative estimate of drug-likeness (QED) is 0.749. The number of benzene rings is 2. The minimum absolute atomic E-state index is 0.234. The normalized spacial score (nSPS) is 10.5. The maximum absolute atomic E-state index is 9.65. The fourth-order valence-electron chi connectivity index (χ4n) is 2.04. The molecular formula is C14H12N4O. The van der Waals surface area contributed by atoms with Gasteiger partial charge in [-0.05, 0) is 41.0 Å². The number of aromatic hydroxyl groups is 1. The maximum atomic E-state index is 9.65. The summed E-state index contributed by atoms with van der Waals surface area (Å²) in [4.78, 5) is 0. The van der Waals surface area contributed by atoms with Crippen LogP contribution in [-0.4, -0.2) is 25.7 Å². The van der Waals surface area contributed by atoms with E-state index >= 15 is 0 Å². The van der Waals surface area contributed by atoms with Crippen LogP contribution in [-0.2, 0) is 6.42 Å². The molecule has 0 fully saturated rings. The lowest BCUT2D eigenvalue weighted by molar-refractivity contribution is 0.475. The molecule has 1 heterocycles. The first-order chi connectivity index (χ1) is 9.33. The first-order valence-corrected chi connectivity index (χ1v) is 5.92. The van der Waals surface area contributed by atoms with E-state index in [1.54, 1.807) is 18.2 Å². The Morgan fingerprint density at radius 1 is 1.05 bits per heavy atom. The highest BCUT2D eigenvalue weighted by atomic mass is 16.3. The third-order valence-corrected chi connectivity index (χ3v) is 2.91. The van der Waals surface area contributed by atoms with Gasteiger partial charge in [-0.15, -0.1) is 10.2 Å². The van der Waals surface area contributed by atoms with E-state index in [1.807, 2.05) is 30.3 Å². The van der Waals surface area contributed by atoms with Crippen molar-refractivity contribution in [3.05, 3.63) is 59.7 Å². The van der Waals surface area contributed by atoms with Crippen molar-refractivity contribution in [3.8, 4) is 17.1 Å². The summed E-state index contributed by atoms with van der Waals surface area (Å²) in [5, 5.41) is 23.6. The van der Waals surface area contributed by atoms with Crippen LogP contribution < -0.4 is 0 Å². The molecule has 19 heavy (non-hydrogen) atoms. The monoisotopic (exact) mass is 252 g/mol. The number of tetrazole rings is 1. The molecule has 0 saturated heterocycles. The number of rotatable bonds is 3. The molecule has 1 aromatic heterocycles. The molecule has 0 spiro atoms. The molecule has 0 unspecified atom stereocenters. The second-order valence-corrected chi connectivity index (χ2v) is 4.24. The van der Waals surface area contributed by atoms with Gasteiger partial charge in [-0.2, -0.15) is 5.21 Å². The zero-order chi connectivity index (χ0) is 13.1. The van der Waals surface area contributed by atoms with Crippen LogP contribution in [0.15, 0.2) is 48.5 Å². The van der Waals surface area contributed by atoms with Crippen LogP contribution in [0.2, 0.25) is 0 Å². The molecule has 0 amide bonds. The lowest BCUT2D eigenvalue weighted by Crippen LogP contribution is -1.93. The number of nitrogens with zero attached hydrogens (tertiary/aromatic N) is 3. The van der Waals surface area contributed by atoms with Gasteiger partial charge in [0, 0.05) is 5.56 Å². The van der Waals surface area contributed by atoms with E-state index in [4.69, 9.17) is 0 Å². The van der Waals surface area contributed by atoms with Gasteiger partial charge in [-0.3, -0.25) is 0 Å². The van der Waals surface area contributed by atoms with Crippen LogP contribution in [0.3, 0.4) is 0 Å². The topological polar surface area (TPSA) is 74.7 Å². The molecule has 0 atom stereocenters. The summed E-state index contributed by atoms with van der Waals surface area (Å²) < 4.78 is 0. The fourth-order valence-corrected chi connectivity index (χ4v) is 2.04. The summed E-state index contributed by atoms with van der Waals surface area (Å²) in [6.07, 6.45) is 0.707. The molecule has 5 nitrogen and oxygen atoms in total. The number of aromatic amines is 1. The molecule has 0 aliphatic carbocycles. The Hall–Kier alpha value is -2.69. The first-order valence-electron chi connectivity index (χ1n) is 5.92. The van der Waals surface area contributed by atoms with Crippen molar-refractivity contribution in [1.82, 2.24) is 20.6 Å². The highest BCUT2D eigenvalue weighted by Crippen LogP contribution is 2.26. The van der Waals surface area contributed by atoms with E-state index in [9.17, 15) is 5.11 Å².